The van der Waals surface area contributed by atoms with E-state index >= 15 is 0 Å². The predicted octanol–water partition coefficient (Wildman–Crippen LogP) is 2.98. The second-order valence-corrected chi connectivity index (χ2v) is 3.33. The van der Waals surface area contributed by atoms with E-state index in [1.807, 2.05) is 0 Å². The average molecular weight is 223 g/mol. The first-order valence-electron chi connectivity index (χ1n) is 2.94. The minimum Gasteiger partial charge on any atom is -0.478 e. The van der Waals surface area contributed by atoms with Crippen LogP contribution in [0.15, 0.2) is 17.0 Å². The van der Waals surface area contributed by atoms with Crippen molar-refractivity contribution in [1.82, 2.24) is 0 Å². The Kier molecular flexibility index (Phi) is 2.88. The highest BCUT2D eigenvalue weighted by Crippen LogP contribution is 2.29. The third-order valence-corrected chi connectivity index (χ3v) is 2.50. The van der Waals surface area contributed by atoms with E-state index in [0.29, 0.717) is 4.90 Å². The van der Waals surface area contributed by atoms with Gasteiger partial charge in [-0.25, -0.2) is 4.79 Å². The highest BCUT2D eigenvalue weighted by molar-refractivity contribution is 7.80. The molecule has 0 spiro atoms. The van der Waals surface area contributed by atoms with Crippen molar-refractivity contribution in [1.29, 1.82) is 0 Å². The molecule has 0 atom stereocenters. The van der Waals surface area contributed by atoms with Gasteiger partial charge in [-0.05, 0) is 12.1 Å². The molecular formula is C7H4Cl2O2S. The van der Waals surface area contributed by atoms with Crippen LogP contribution in [0.2, 0.25) is 10.0 Å². The molecule has 0 fully saturated rings. The lowest BCUT2D eigenvalue weighted by Crippen LogP contribution is -1.98. The Morgan fingerprint density at radius 3 is 2.42 bits per heavy atom. The van der Waals surface area contributed by atoms with Crippen LogP contribution in [0.25, 0.3) is 0 Å². The summed E-state index contributed by atoms with van der Waals surface area (Å²) in [5.74, 6) is -1.15. The normalized spacial score (nSPS) is 9.92. The molecule has 0 aliphatic carbocycles. The van der Waals surface area contributed by atoms with Gasteiger partial charge < -0.3 is 5.11 Å². The van der Waals surface area contributed by atoms with Crippen LogP contribution in [-0.2, 0) is 0 Å². The number of halogens is 2. The smallest absolute Gasteiger partial charge is 0.338 e. The lowest BCUT2D eigenvalue weighted by molar-refractivity contribution is 0.0697. The van der Waals surface area contributed by atoms with Gasteiger partial charge in [0.15, 0.2) is 0 Å². The molecular weight excluding hydrogens is 219 g/mol. The summed E-state index contributed by atoms with van der Waals surface area (Å²) in [4.78, 5) is 11.0. The standard InChI is InChI=1S/C7H4Cl2O2S/c8-3-1-2-4(12)6(9)5(3)7(10)11/h1-2,12H,(H,10,11). The van der Waals surface area contributed by atoms with Gasteiger partial charge in [-0.1, -0.05) is 23.2 Å². The van der Waals surface area contributed by atoms with Crippen LogP contribution < -0.4 is 0 Å². The molecule has 0 heterocycles. The molecule has 5 heteroatoms. The fraction of sp³-hybridized carbons (Fsp3) is 0. The van der Waals surface area contributed by atoms with Gasteiger partial charge >= 0.3 is 5.97 Å². The van der Waals surface area contributed by atoms with E-state index in [1.165, 1.54) is 6.07 Å². The summed E-state index contributed by atoms with van der Waals surface area (Å²) >= 11 is 15.2. The van der Waals surface area contributed by atoms with Gasteiger partial charge in [-0.2, -0.15) is 0 Å². The highest BCUT2D eigenvalue weighted by atomic mass is 35.5. The Morgan fingerprint density at radius 1 is 1.42 bits per heavy atom. The van der Waals surface area contributed by atoms with E-state index in [2.05, 4.69) is 12.6 Å². The molecule has 1 aromatic carbocycles. The van der Waals surface area contributed by atoms with Crippen LogP contribution in [0.3, 0.4) is 0 Å². The van der Waals surface area contributed by atoms with Crippen LogP contribution in [0.1, 0.15) is 10.4 Å². The van der Waals surface area contributed by atoms with E-state index in [9.17, 15) is 4.79 Å². The molecule has 0 aliphatic heterocycles. The number of carbonyl (C=O) groups is 1. The van der Waals surface area contributed by atoms with E-state index in [-0.39, 0.29) is 15.6 Å². The molecule has 12 heavy (non-hydrogen) atoms. The fourth-order valence-corrected chi connectivity index (χ4v) is 1.46. The molecule has 64 valence electrons. The van der Waals surface area contributed by atoms with Crippen molar-refractivity contribution >= 4 is 41.8 Å². The first-order valence-corrected chi connectivity index (χ1v) is 4.14. The maximum absolute atomic E-state index is 10.6. The number of hydrogen-bond acceptors (Lipinski definition) is 2. The third kappa shape index (κ3) is 1.68. The molecule has 2 nitrogen and oxygen atoms in total. The van der Waals surface area contributed by atoms with Gasteiger partial charge in [0.1, 0.15) is 0 Å². The molecule has 1 N–H and O–H groups in total. The van der Waals surface area contributed by atoms with E-state index < -0.39 is 5.97 Å². The van der Waals surface area contributed by atoms with Gasteiger partial charge in [0.05, 0.1) is 15.6 Å². The Morgan fingerprint density at radius 2 is 2.00 bits per heavy atom. The van der Waals surface area contributed by atoms with Gasteiger partial charge in [0, 0.05) is 4.90 Å². The number of carboxylic acid groups (broad SMARTS) is 1. The van der Waals surface area contributed by atoms with E-state index in [1.54, 1.807) is 6.07 Å². The van der Waals surface area contributed by atoms with E-state index in [4.69, 9.17) is 28.3 Å². The first kappa shape index (κ1) is 9.71. The van der Waals surface area contributed by atoms with Gasteiger partial charge in [0.25, 0.3) is 0 Å². The van der Waals surface area contributed by atoms with Crippen molar-refractivity contribution in [3.63, 3.8) is 0 Å². The van der Waals surface area contributed by atoms with Crippen LogP contribution in [0.5, 0.6) is 0 Å². The van der Waals surface area contributed by atoms with Crippen molar-refractivity contribution in [3.05, 3.63) is 27.7 Å². The van der Waals surface area contributed by atoms with Crippen LogP contribution in [0.4, 0.5) is 0 Å². The second-order valence-electron chi connectivity index (χ2n) is 2.06. The molecule has 1 aromatic rings. The van der Waals surface area contributed by atoms with Crippen molar-refractivity contribution in [2.45, 2.75) is 4.90 Å². The first-order chi connectivity index (χ1) is 5.54. The molecule has 0 bridgehead atoms. The summed E-state index contributed by atoms with van der Waals surface area (Å²) in [6.45, 7) is 0. The summed E-state index contributed by atoms with van der Waals surface area (Å²) in [5.41, 5.74) is -0.106. The third-order valence-electron chi connectivity index (χ3n) is 1.28. The quantitative estimate of drug-likeness (QED) is 0.718. The molecule has 0 aliphatic rings. The largest absolute Gasteiger partial charge is 0.478 e. The minimum atomic E-state index is -1.15. The maximum atomic E-state index is 10.6. The molecule has 0 unspecified atom stereocenters. The molecule has 0 saturated carbocycles. The minimum absolute atomic E-state index is 0.0679. The summed E-state index contributed by atoms with van der Waals surface area (Å²) in [6.07, 6.45) is 0. The Labute approximate surface area is 84.5 Å². The average Bonchev–Trinajstić information content (AvgIpc) is 1.97. The highest BCUT2D eigenvalue weighted by Gasteiger charge is 2.14. The Hall–Kier alpha value is -0.380. The summed E-state index contributed by atoms with van der Waals surface area (Å²) in [5, 5.41) is 8.85. The van der Waals surface area contributed by atoms with Gasteiger partial charge in [0.2, 0.25) is 0 Å². The van der Waals surface area contributed by atoms with Crippen molar-refractivity contribution < 1.29 is 9.90 Å². The monoisotopic (exact) mass is 222 g/mol. The predicted molar refractivity (Wildman–Crippen MR) is 50.7 cm³/mol. The molecule has 0 saturated heterocycles. The molecule has 1 rings (SSSR count). The lowest BCUT2D eigenvalue weighted by atomic mass is 10.2. The number of thiol groups is 1. The topological polar surface area (TPSA) is 37.3 Å². The van der Waals surface area contributed by atoms with E-state index in [0.717, 1.165) is 0 Å². The van der Waals surface area contributed by atoms with Crippen LogP contribution in [-0.4, -0.2) is 11.1 Å². The molecule has 0 radical (unpaired) electrons. The number of aromatic carboxylic acids is 1. The zero-order valence-electron chi connectivity index (χ0n) is 5.71. The SMILES string of the molecule is O=C(O)c1c(Cl)ccc(S)c1Cl. The van der Waals surface area contributed by atoms with Crippen molar-refractivity contribution in [2.75, 3.05) is 0 Å². The molecule has 0 aromatic heterocycles. The number of hydrogen-bond donors (Lipinski definition) is 2. The van der Waals surface area contributed by atoms with Gasteiger partial charge in [-0.15, -0.1) is 12.6 Å². The zero-order chi connectivity index (χ0) is 9.30. The molecule has 0 amide bonds. The summed E-state index contributed by atoms with van der Waals surface area (Å²) < 4.78 is 0. The number of rotatable bonds is 1. The second kappa shape index (κ2) is 3.56. The van der Waals surface area contributed by atoms with Gasteiger partial charge in [-0.3, -0.25) is 0 Å². The van der Waals surface area contributed by atoms with Crippen molar-refractivity contribution in [3.8, 4) is 0 Å². The lowest BCUT2D eigenvalue weighted by Gasteiger charge is -2.02. The maximum Gasteiger partial charge on any atom is 0.338 e. The zero-order valence-corrected chi connectivity index (χ0v) is 8.12. The summed E-state index contributed by atoms with van der Waals surface area (Å²) in [6, 6.07) is 2.99. The Balaban J connectivity index is 3.43. The fourth-order valence-electron chi connectivity index (χ4n) is 0.738. The summed E-state index contributed by atoms with van der Waals surface area (Å²) in [7, 11) is 0. The Bertz CT molecular complexity index is 338. The number of carboxylic acids is 1. The van der Waals surface area contributed by atoms with Crippen LogP contribution >= 0.6 is 35.8 Å². The van der Waals surface area contributed by atoms with Crippen molar-refractivity contribution in [2.24, 2.45) is 0 Å². The van der Waals surface area contributed by atoms with Crippen LogP contribution in [0, 0.1) is 0 Å². The number of benzene rings is 1.